The molecule has 1 aromatic carbocycles. The lowest BCUT2D eigenvalue weighted by Crippen LogP contribution is -2.06. The molecule has 0 aliphatic carbocycles. The molecule has 0 bridgehead atoms. The fourth-order valence-corrected chi connectivity index (χ4v) is 1.97. The molecule has 4 heteroatoms. The molecule has 0 unspecified atom stereocenters. The van der Waals surface area contributed by atoms with Crippen LogP contribution in [0, 0.1) is 0 Å². The number of anilines is 2. The number of aromatic carboxylic acids is 1. The minimum absolute atomic E-state index is 0.264. The van der Waals surface area contributed by atoms with Gasteiger partial charge in [-0.3, -0.25) is 0 Å². The van der Waals surface area contributed by atoms with Crippen LogP contribution < -0.4 is 11.1 Å². The fraction of sp³-hybridized carbons (Fsp3) is 0.533. The molecular weight excluding hydrogens is 240 g/mol. The number of benzene rings is 1. The molecule has 0 aromatic heterocycles. The third kappa shape index (κ3) is 5.64. The molecule has 0 saturated carbocycles. The molecule has 0 radical (unpaired) electrons. The standard InChI is InChI=1S/C15H24N2O2/c1-2-3-4-5-6-7-10-17-14-11-12(15(18)19)8-9-13(14)16/h8-9,11,17H,2-7,10,16H2,1H3,(H,18,19). The molecule has 0 amide bonds. The van der Waals surface area contributed by atoms with Gasteiger partial charge in [0.25, 0.3) is 0 Å². The van der Waals surface area contributed by atoms with Gasteiger partial charge in [0, 0.05) is 6.54 Å². The van der Waals surface area contributed by atoms with Crippen molar-refractivity contribution in [1.82, 2.24) is 0 Å². The van der Waals surface area contributed by atoms with E-state index in [1.807, 2.05) is 0 Å². The van der Waals surface area contributed by atoms with Gasteiger partial charge in [0.2, 0.25) is 0 Å². The third-order valence-corrected chi connectivity index (χ3v) is 3.15. The number of unbranched alkanes of at least 4 members (excludes halogenated alkanes) is 5. The highest BCUT2D eigenvalue weighted by Gasteiger charge is 2.05. The lowest BCUT2D eigenvalue weighted by molar-refractivity contribution is 0.0697. The second kappa shape index (κ2) is 8.40. The van der Waals surface area contributed by atoms with Crippen molar-refractivity contribution in [2.75, 3.05) is 17.6 Å². The van der Waals surface area contributed by atoms with Crippen LogP contribution in [0.4, 0.5) is 11.4 Å². The molecule has 0 spiro atoms. The SMILES string of the molecule is CCCCCCCCNc1cc(C(=O)O)ccc1N. The van der Waals surface area contributed by atoms with Gasteiger partial charge in [-0.2, -0.15) is 0 Å². The van der Waals surface area contributed by atoms with Gasteiger partial charge in [0.15, 0.2) is 0 Å². The van der Waals surface area contributed by atoms with Gasteiger partial charge in [0.05, 0.1) is 16.9 Å². The Morgan fingerprint density at radius 2 is 1.89 bits per heavy atom. The van der Waals surface area contributed by atoms with E-state index in [4.69, 9.17) is 10.8 Å². The lowest BCUT2D eigenvalue weighted by atomic mass is 10.1. The van der Waals surface area contributed by atoms with Crippen LogP contribution in [0.3, 0.4) is 0 Å². The van der Waals surface area contributed by atoms with E-state index in [9.17, 15) is 4.79 Å². The molecule has 0 fully saturated rings. The van der Waals surface area contributed by atoms with Crippen molar-refractivity contribution >= 4 is 17.3 Å². The summed E-state index contributed by atoms with van der Waals surface area (Å²) in [6, 6.07) is 4.75. The maximum absolute atomic E-state index is 10.9. The molecule has 0 saturated heterocycles. The van der Waals surface area contributed by atoms with Crippen molar-refractivity contribution in [2.45, 2.75) is 45.4 Å². The van der Waals surface area contributed by atoms with Gasteiger partial charge < -0.3 is 16.2 Å². The number of rotatable bonds is 9. The second-order valence-corrected chi connectivity index (χ2v) is 4.80. The molecule has 4 N–H and O–H groups in total. The molecule has 0 aliphatic rings. The van der Waals surface area contributed by atoms with Crippen LogP contribution in [0.5, 0.6) is 0 Å². The molecule has 4 nitrogen and oxygen atoms in total. The number of hydrogen-bond acceptors (Lipinski definition) is 3. The van der Waals surface area contributed by atoms with Crippen molar-refractivity contribution in [3.63, 3.8) is 0 Å². The number of carboxylic acids is 1. The fourth-order valence-electron chi connectivity index (χ4n) is 1.97. The Bertz CT molecular complexity index is 405. The van der Waals surface area contributed by atoms with E-state index in [0.717, 1.165) is 13.0 Å². The molecule has 106 valence electrons. The molecule has 0 heterocycles. The minimum atomic E-state index is -0.928. The van der Waals surface area contributed by atoms with Crippen LogP contribution in [0.2, 0.25) is 0 Å². The van der Waals surface area contributed by atoms with E-state index in [0.29, 0.717) is 11.4 Å². The van der Waals surface area contributed by atoms with Crippen molar-refractivity contribution in [2.24, 2.45) is 0 Å². The summed E-state index contributed by atoms with van der Waals surface area (Å²) in [5.74, 6) is -0.928. The summed E-state index contributed by atoms with van der Waals surface area (Å²) >= 11 is 0. The number of nitrogens with two attached hydrogens (primary N) is 1. The molecule has 19 heavy (non-hydrogen) atoms. The van der Waals surface area contributed by atoms with Gasteiger partial charge in [-0.05, 0) is 24.6 Å². The van der Waals surface area contributed by atoms with Crippen LogP contribution in [0.25, 0.3) is 0 Å². The first kappa shape index (κ1) is 15.3. The maximum atomic E-state index is 10.9. The average Bonchev–Trinajstić information content (AvgIpc) is 2.39. The van der Waals surface area contributed by atoms with E-state index in [1.54, 1.807) is 12.1 Å². The Morgan fingerprint density at radius 3 is 2.58 bits per heavy atom. The van der Waals surface area contributed by atoms with Crippen LogP contribution >= 0.6 is 0 Å². The van der Waals surface area contributed by atoms with E-state index in [2.05, 4.69) is 12.2 Å². The highest BCUT2D eigenvalue weighted by molar-refractivity contribution is 5.90. The lowest BCUT2D eigenvalue weighted by Gasteiger charge is -2.10. The smallest absolute Gasteiger partial charge is 0.335 e. The zero-order valence-corrected chi connectivity index (χ0v) is 11.6. The first-order chi connectivity index (χ1) is 9.15. The van der Waals surface area contributed by atoms with E-state index < -0.39 is 5.97 Å². The first-order valence-electron chi connectivity index (χ1n) is 7.02. The molecule has 0 atom stereocenters. The zero-order valence-electron chi connectivity index (χ0n) is 11.6. The molecule has 0 aliphatic heterocycles. The normalized spacial score (nSPS) is 10.4. The van der Waals surface area contributed by atoms with Crippen LogP contribution in [-0.4, -0.2) is 17.6 Å². The number of hydrogen-bond donors (Lipinski definition) is 3. The van der Waals surface area contributed by atoms with Crippen molar-refractivity contribution < 1.29 is 9.90 Å². The van der Waals surface area contributed by atoms with E-state index >= 15 is 0 Å². The number of carbonyl (C=O) groups is 1. The Labute approximate surface area is 115 Å². The topological polar surface area (TPSA) is 75.3 Å². The molecule has 1 rings (SSSR count). The highest BCUT2D eigenvalue weighted by atomic mass is 16.4. The summed E-state index contributed by atoms with van der Waals surface area (Å²) < 4.78 is 0. The Kier molecular flexibility index (Phi) is 6.79. The first-order valence-corrected chi connectivity index (χ1v) is 7.02. The van der Waals surface area contributed by atoms with Crippen molar-refractivity contribution in [3.05, 3.63) is 23.8 Å². The second-order valence-electron chi connectivity index (χ2n) is 4.80. The Morgan fingerprint density at radius 1 is 1.21 bits per heavy atom. The Hall–Kier alpha value is -1.71. The molecule has 1 aromatic rings. The number of nitrogen functional groups attached to an aromatic ring is 1. The average molecular weight is 264 g/mol. The summed E-state index contributed by atoms with van der Waals surface area (Å²) in [7, 11) is 0. The predicted octanol–water partition coefficient (Wildman–Crippen LogP) is 3.74. The van der Waals surface area contributed by atoms with Gasteiger partial charge in [0.1, 0.15) is 0 Å². The molecular formula is C15H24N2O2. The quantitative estimate of drug-likeness (QED) is 0.469. The van der Waals surface area contributed by atoms with Gasteiger partial charge >= 0.3 is 5.97 Å². The van der Waals surface area contributed by atoms with E-state index in [-0.39, 0.29) is 5.56 Å². The number of carboxylic acid groups (broad SMARTS) is 1. The van der Waals surface area contributed by atoms with Crippen LogP contribution in [0.15, 0.2) is 18.2 Å². The summed E-state index contributed by atoms with van der Waals surface area (Å²) in [4.78, 5) is 10.9. The predicted molar refractivity (Wildman–Crippen MR) is 79.7 cm³/mol. The Balaban J connectivity index is 2.32. The minimum Gasteiger partial charge on any atom is -0.478 e. The maximum Gasteiger partial charge on any atom is 0.335 e. The summed E-state index contributed by atoms with van der Waals surface area (Å²) in [5.41, 5.74) is 7.39. The highest BCUT2D eigenvalue weighted by Crippen LogP contribution is 2.20. The van der Waals surface area contributed by atoms with Crippen molar-refractivity contribution in [3.8, 4) is 0 Å². The zero-order chi connectivity index (χ0) is 14.1. The largest absolute Gasteiger partial charge is 0.478 e. The van der Waals surface area contributed by atoms with Gasteiger partial charge in [-0.1, -0.05) is 39.0 Å². The van der Waals surface area contributed by atoms with Crippen LogP contribution in [-0.2, 0) is 0 Å². The summed E-state index contributed by atoms with van der Waals surface area (Å²) in [6.07, 6.45) is 7.41. The van der Waals surface area contributed by atoms with Crippen molar-refractivity contribution in [1.29, 1.82) is 0 Å². The number of nitrogens with one attached hydrogen (secondary N) is 1. The third-order valence-electron chi connectivity index (χ3n) is 3.15. The monoisotopic (exact) mass is 264 g/mol. The van der Waals surface area contributed by atoms with E-state index in [1.165, 1.54) is 38.2 Å². The van der Waals surface area contributed by atoms with Crippen LogP contribution in [0.1, 0.15) is 55.8 Å². The van der Waals surface area contributed by atoms with Gasteiger partial charge in [-0.25, -0.2) is 4.79 Å². The summed E-state index contributed by atoms with van der Waals surface area (Å²) in [6.45, 7) is 3.04. The van der Waals surface area contributed by atoms with Gasteiger partial charge in [-0.15, -0.1) is 0 Å². The summed E-state index contributed by atoms with van der Waals surface area (Å²) in [5, 5.41) is 12.1.